The Balaban J connectivity index is 1.84. The van der Waals surface area contributed by atoms with E-state index in [1.807, 2.05) is 6.07 Å². The Morgan fingerprint density at radius 1 is 1.14 bits per heavy atom. The number of Topliss-reactive ketones (excluding diaryl/α,β-unsaturated/α-hetero) is 1. The average Bonchev–Trinajstić information content (AvgIpc) is 2.67. The summed E-state index contributed by atoms with van der Waals surface area (Å²) in [5, 5.41) is -0.0658. The van der Waals surface area contributed by atoms with Crippen molar-refractivity contribution < 1.29 is 18.0 Å². The van der Waals surface area contributed by atoms with Gasteiger partial charge in [0, 0.05) is 23.1 Å². The molecule has 150 valence electrons. The Kier molecular flexibility index (Phi) is 5.88. The molecule has 1 aromatic heterocycles. The SMILES string of the molecule is CC(CC(=O)c1cc(=O)[nH]c(-c2ccccc2)n1)c1ccc(C(F)(F)F)cc1Cl. The lowest BCUT2D eigenvalue weighted by molar-refractivity contribution is -0.137. The van der Waals surface area contributed by atoms with E-state index in [9.17, 15) is 22.8 Å². The number of benzene rings is 2. The summed E-state index contributed by atoms with van der Waals surface area (Å²) in [6.45, 7) is 1.68. The van der Waals surface area contributed by atoms with Gasteiger partial charge in [-0.3, -0.25) is 9.59 Å². The number of nitrogens with zero attached hydrogens (tertiary/aromatic N) is 1. The maximum absolute atomic E-state index is 12.8. The maximum atomic E-state index is 12.8. The van der Waals surface area contributed by atoms with Gasteiger partial charge < -0.3 is 4.98 Å². The Morgan fingerprint density at radius 3 is 2.45 bits per heavy atom. The lowest BCUT2D eigenvalue weighted by Crippen LogP contribution is -2.15. The van der Waals surface area contributed by atoms with Gasteiger partial charge in [0.15, 0.2) is 5.78 Å². The first-order valence-corrected chi connectivity index (χ1v) is 9.09. The van der Waals surface area contributed by atoms with E-state index in [1.54, 1.807) is 31.2 Å². The molecule has 8 heteroatoms. The zero-order valence-corrected chi connectivity index (χ0v) is 16.0. The molecule has 4 nitrogen and oxygen atoms in total. The van der Waals surface area contributed by atoms with Gasteiger partial charge in [0.1, 0.15) is 11.5 Å². The number of halogens is 4. The summed E-state index contributed by atoms with van der Waals surface area (Å²) in [7, 11) is 0. The molecule has 0 aliphatic carbocycles. The molecule has 1 heterocycles. The normalized spacial score (nSPS) is 12.6. The van der Waals surface area contributed by atoms with Gasteiger partial charge in [0.05, 0.1) is 5.56 Å². The van der Waals surface area contributed by atoms with Crippen molar-refractivity contribution in [2.24, 2.45) is 0 Å². The minimum atomic E-state index is -4.50. The number of ketones is 1. The topological polar surface area (TPSA) is 62.8 Å². The zero-order valence-electron chi connectivity index (χ0n) is 15.3. The third-order valence-electron chi connectivity index (χ3n) is 4.42. The van der Waals surface area contributed by atoms with Crippen LogP contribution in [0.5, 0.6) is 0 Å². The average molecular weight is 421 g/mol. The van der Waals surface area contributed by atoms with Gasteiger partial charge in [-0.25, -0.2) is 4.98 Å². The minimum absolute atomic E-state index is 0.0116. The molecule has 0 aliphatic heterocycles. The Bertz CT molecular complexity index is 1100. The Hall–Kier alpha value is -2.93. The predicted molar refractivity (Wildman–Crippen MR) is 104 cm³/mol. The van der Waals surface area contributed by atoms with Gasteiger partial charge in [0.25, 0.3) is 5.56 Å². The number of carbonyl (C=O) groups excluding carboxylic acids is 1. The summed E-state index contributed by atoms with van der Waals surface area (Å²) >= 11 is 6.01. The first-order valence-electron chi connectivity index (χ1n) is 8.72. The molecule has 0 saturated carbocycles. The fraction of sp³-hybridized carbons (Fsp3) is 0.190. The zero-order chi connectivity index (χ0) is 21.2. The van der Waals surface area contributed by atoms with Crippen molar-refractivity contribution in [3.05, 3.63) is 86.8 Å². The summed E-state index contributed by atoms with van der Waals surface area (Å²) in [5.41, 5.74) is -0.266. The second kappa shape index (κ2) is 8.21. The van der Waals surface area contributed by atoms with Crippen LogP contribution in [0.2, 0.25) is 5.02 Å². The van der Waals surface area contributed by atoms with Crippen molar-refractivity contribution in [3.63, 3.8) is 0 Å². The summed E-state index contributed by atoms with van der Waals surface area (Å²) in [4.78, 5) is 31.4. The van der Waals surface area contributed by atoms with Gasteiger partial charge >= 0.3 is 6.18 Å². The van der Waals surface area contributed by atoms with Gasteiger partial charge in [0.2, 0.25) is 0 Å². The van der Waals surface area contributed by atoms with E-state index in [-0.39, 0.29) is 23.0 Å². The van der Waals surface area contributed by atoms with Crippen LogP contribution < -0.4 is 5.56 Å². The van der Waals surface area contributed by atoms with Crippen molar-refractivity contribution in [2.75, 3.05) is 0 Å². The van der Waals surface area contributed by atoms with Gasteiger partial charge in [-0.05, 0) is 23.6 Å². The van der Waals surface area contributed by atoms with Crippen LogP contribution >= 0.6 is 11.6 Å². The van der Waals surface area contributed by atoms with Crippen LogP contribution in [0, 0.1) is 0 Å². The molecule has 0 aliphatic rings. The van der Waals surface area contributed by atoms with Crippen molar-refractivity contribution in [1.29, 1.82) is 0 Å². The van der Waals surface area contributed by atoms with Crippen molar-refractivity contribution >= 4 is 17.4 Å². The summed E-state index contributed by atoms with van der Waals surface area (Å²) in [5.74, 6) is -0.600. The van der Waals surface area contributed by atoms with E-state index >= 15 is 0 Å². The molecule has 0 fully saturated rings. The molecule has 2 aromatic carbocycles. The molecule has 1 atom stereocenters. The molecule has 0 radical (unpaired) electrons. The van der Waals surface area contributed by atoms with Crippen LogP contribution in [-0.4, -0.2) is 15.8 Å². The smallest absolute Gasteiger partial charge is 0.306 e. The Morgan fingerprint density at radius 2 is 1.83 bits per heavy atom. The first-order chi connectivity index (χ1) is 13.6. The van der Waals surface area contributed by atoms with Crippen LogP contribution in [0.1, 0.15) is 40.9 Å². The molecule has 0 saturated heterocycles. The lowest BCUT2D eigenvalue weighted by atomic mass is 9.93. The highest BCUT2D eigenvalue weighted by Gasteiger charge is 2.31. The van der Waals surface area contributed by atoms with Crippen LogP contribution in [0.25, 0.3) is 11.4 Å². The number of alkyl halides is 3. The highest BCUT2D eigenvalue weighted by Crippen LogP contribution is 2.35. The van der Waals surface area contributed by atoms with Gasteiger partial charge in [-0.15, -0.1) is 0 Å². The number of carbonyl (C=O) groups is 1. The monoisotopic (exact) mass is 420 g/mol. The molecule has 0 bridgehead atoms. The number of rotatable bonds is 5. The number of aromatic amines is 1. The molecule has 3 aromatic rings. The standard InChI is InChI=1S/C21H16ClF3N2O2/c1-12(15-8-7-14(10-16(15)22)21(23,24)25)9-18(28)17-11-19(29)27-20(26-17)13-5-3-2-4-6-13/h2-8,10-12H,9H2,1H3,(H,26,27,29). The summed E-state index contributed by atoms with van der Waals surface area (Å²) < 4.78 is 38.4. The molecule has 0 spiro atoms. The van der Waals surface area contributed by atoms with Crippen LogP contribution in [0.4, 0.5) is 13.2 Å². The number of hydrogen-bond acceptors (Lipinski definition) is 3. The van der Waals surface area contributed by atoms with E-state index in [2.05, 4.69) is 9.97 Å². The summed E-state index contributed by atoms with van der Waals surface area (Å²) in [6, 6.07) is 13.0. The Labute approximate surface area is 169 Å². The van der Waals surface area contributed by atoms with Crippen molar-refractivity contribution in [1.82, 2.24) is 9.97 Å². The third-order valence-corrected chi connectivity index (χ3v) is 4.75. The number of nitrogens with one attached hydrogen (secondary N) is 1. The molecule has 1 N–H and O–H groups in total. The van der Waals surface area contributed by atoms with Crippen LogP contribution in [0.3, 0.4) is 0 Å². The van der Waals surface area contributed by atoms with E-state index in [0.29, 0.717) is 11.1 Å². The molecule has 3 rings (SSSR count). The van der Waals surface area contributed by atoms with Crippen LogP contribution in [0.15, 0.2) is 59.4 Å². The van der Waals surface area contributed by atoms with E-state index in [1.165, 1.54) is 6.07 Å². The fourth-order valence-electron chi connectivity index (χ4n) is 2.93. The van der Waals surface area contributed by atoms with E-state index < -0.39 is 29.0 Å². The minimum Gasteiger partial charge on any atom is -0.306 e. The third kappa shape index (κ3) is 4.92. The highest BCUT2D eigenvalue weighted by molar-refractivity contribution is 6.31. The van der Waals surface area contributed by atoms with Crippen LogP contribution in [-0.2, 0) is 6.18 Å². The fourth-order valence-corrected chi connectivity index (χ4v) is 3.30. The summed E-state index contributed by atoms with van der Waals surface area (Å²) in [6.07, 6.45) is -4.56. The largest absolute Gasteiger partial charge is 0.416 e. The molecule has 1 unspecified atom stereocenters. The second-order valence-electron chi connectivity index (χ2n) is 6.61. The van der Waals surface area contributed by atoms with Gasteiger partial charge in [-0.1, -0.05) is 54.9 Å². The first kappa shape index (κ1) is 20.8. The van der Waals surface area contributed by atoms with E-state index in [0.717, 1.165) is 18.2 Å². The molecular weight excluding hydrogens is 405 g/mol. The quantitative estimate of drug-likeness (QED) is 0.555. The predicted octanol–water partition coefficient (Wildman–Crippen LogP) is 5.49. The van der Waals surface area contributed by atoms with Crippen molar-refractivity contribution in [2.45, 2.75) is 25.4 Å². The molecule has 29 heavy (non-hydrogen) atoms. The van der Waals surface area contributed by atoms with Crippen molar-refractivity contribution in [3.8, 4) is 11.4 Å². The highest BCUT2D eigenvalue weighted by atomic mass is 35.5. The molecule has 0 amide bonds. The maximum Gasteiger partial charge on any atom is 0.416 e. The molecular formula is C21H16ClF3N2O2. The second-order valence-corrected chi connectivity index (χ2v) is 7.01. The number of hydrogen-bond donors (Lipinski definition) is 1. The number of aromatic nitrogens is 2. The lowest BCUT2D eigenvalue weighted by Gasteiger charge is -2.15. The van der Waals surface area contributed by atoms with Gasteiger partial charge in [-0.2, -0.15) is 13.2 Å². The number of H-pyrrole nitrogens is 1. The van der Waals surface area contributed by atoms with E-state index in [4.69, 9.17) is 11.6 Å².